The minimum absolute atomic E-state index is 0.0498. The summed E-state index contributed by atoms with van der Waals surface area (Å²) in [6.45, 7) is 6.15. The van der Waals surface area contributed by atoms with E-state index in [0.717, 1.165) is 17.0 Å². The third-order valence-electron chi connectivity index (χ3n) is 3.81. The number of rotatable bonds is 4. The van der Waals surface area contributed by atoms with Gasteiger partial charge in [-0.2, -0.15) is 0 Å². The third kappa shape index (κ3) is 2.74. The zero-order chi connectivity index (χ0) is 14.9. The molecule has 2 rings (SSSR count). The smallest absolute Gasteiger partial charge is 0.304 e. The molecule has 106 valence electrons. The van der Waals surface area contributed by atoms with E-state index >= 15 is 0 Å². The van der Waals surface area contributed by atoms with Crippen LogP contribution in [0.15, 0.2) is 24.5 Å². The van der Waals surface area contributed by atoms with Crippen molar-refractivity contribution in [2.45, 2.75) is 33.1 Å². The Labute approximate surface area is 119 Å². The van der Waals surface area contributed by atoms with Gasteiger partial charge in [0.05, 0.1) is 12.3 Å². The van der Waals surface area contributed by atoms with Gasteiger partial charge in [0.2, 0.25) is 0 Å². The number of aliphatic carboxylic acids is 1. The van der Waals surface area contributed by atoms with Crippen LogP contribution in [0.5, 0.6) is 0 Å². The second kappa shape index (κ2) is 5.49. The summed E-state index contributed by atoms with van der Waals surface area (Å²) < 4.78 is 1.89. The predicted molar refractivity (Wildman–Crippen MR) is 78.0 cm³/mol. The highest BCUT2D eigenvalue weighted by Crippen LogP contribution is 2.30. The Kier molecular flexibility index (Phi) is 3.93. The van der Waals surface area contributed by atoms with E-state index in [1.54, 1.807) is 6.20 Å². The van der Waals surface area contributed by atoms with Crippen molar-refractivity contribution < 1.29 is 9.90 Å². The molecule has 0 aliphatic rings. The van der Waals surface area contributed by atoms with Crippen LogP contribution in [0.1, 0.15) is 40.4 Å². The summed E-state index contributed by atoms with van der Waals surface area (Å²) in [5, 5.41) is 9.21. The number of aromatic nitrogens is 2. The highest BCUT2D eigenvalue weighted by molar-refractivity contribution is 5.69. The van der Waals surface area contributed by atoms with Crippen molar-refractivity contribution in [3.63, 3.8) is 0 Å². The molecule has 0 bridgehead atoms. The molecule has 2 aromatic rings. The molecule has 1 aromatic carbocycles. The highest BCUT2D eigenvalue weighted by atomic mass is 16.4. The van der Waals surface area contributed by atoms with Crippen molar-refractivity contribution in [2.75, 3.05) is 0 Å². The summed E-state index contributed by atoms with van der Waals surface area (Å²) in [5.74, 6) is -0.235. The van der Waals surface area contributed by atoms with Crippen LogP contribution in [0.25, 0.3) is 0 Å². The van der Waals surface area contributed by atoms with E-state index in [9.17, 15) is 9.90 Å². The SMILES string of the molecule is Cc1cc(C)c(C(CC(=O)O)c2nccn2C)cc1C. The summed E-state index contributed by atoms with van der Waals surface area (Å²) in [6.07, 6.45) is 3.61. The maximum atomic E-state index is 11.2. The molecule has 0 spiro atoms. The molecular formula is C16H20N2O2. The van der Waals surface area contributed by atoms with Crippen molar-refractivity contribution in [3.05, 3.63) is 52.6 Å². The summed E-state index contributed by atoms with van der Waals surface area (Å²) >= 11 is 0. The third-order valence-corrected chi connectivity index (χ3v) is 3.81. The van der Waals surface area contributed by atoms with Gasteiger partial charge < -0.3 is 9.67 Å². The van der Waals surface area contributed by atoms with E-state index < -0.39 is 5.97 Å². The average Bonchev–Trinajstić information content (AvgIpc) is 2.77. The molecule has 0 fully saturated rings. The van der Waals surface area contributed by atoms with Gasteiger partial charge in [0.1, 0.15) is 5.82 Å². The van der Waals surface area contributed by atoms with E-state index in [-0.39, 0.29) is 12.3 Å². The number of carboxylic acid groups (broad SMARTS) is 1. The number of carboxylic acids is 1. The lowest BCUT2D eigenvalue weighted by atomic mass is 9.88. The molecule has 0 aliphatic carbocycles. The Morgan fingerprint density at radius 2 is 1.90 bits per heavy atom. The van der Waals surface area contributed by atoms with Crippen molar-refractivity contribution in [1.82, 2.24) is 9.55 Å². The largest absolute Gasteiger partial charge is 0.481 e. The predicted octanol–water partition coefficient (Wildman–Crippen LogP) is 2.95. The van der Waals surface area contributed by atoms with Gasteiger partial charge in [0.15, 0.2) is 0 Å². The number of hydrogen-bond donors (Lipinski definition) is 1. The number of hydrogen-bond acceptors (Lipinski definition) is 2. The molecule has 0 saturated heterocycles. The summed E-state index contributed by atoms with van der Waals surface area (Å²) in [7, 11) is 1.90. The first kappa shape index (κ1) is 14.3. The van der Waals surface area contributed by atoms with Gasteiger partial charge in [-0.1, -0.05) is 12.1 Å². The number of carbonyl (C=O) groups is 1. The number of nitrogens with zero attached hydrogens (tertiary/aromatic N) is 2. The van der Waals surface area contributed by atoms with E-state index in [1.165, 1.54) is 11.1 Å². The Morgan fingerprint density at radius 1 is 1.25 bits per heavy atom. The van der Waals surface area contributed by atoms with Gasteiger partial charge in [0.25, 0.3) is 0 Å². The Morgan fingerprint density at radius 3 is 2.45 bits per heavy atom. The molecule has 4 heteroatoms. The van der Waals surface area contributed by atoms with E-state index in [0.29, 0.717) is 0 Å². The van der Waals surface area contributed by atoms with Crippen LogP contribution in [-0.2, 0) is 11.8 Å². The number of imidazole rings is 1. The molecular weight excluding hydrogens is 252 g/mol. The lowest BCUT2D eigenvalue weighted by molar-refractivity contribution is -0.137. The quantitative estimate of drug-likeness (QED) is 0.931. The number of benzene rings is 1. The van der Waals surface area contributed by atoms with Gasteiger partial charge >= 0.3 is 5.97 Å². The average molecular weight is 272 g/mol. The minimum Gasteiger partial charge on any atom is -0.481 e. The highest BCUT2D eigenvalue weighted by Gasteiger charge is 2.23. The standard InChI is InChI=1S/C16H20N2O2/c1-10-7-12(3)13(8-11(10)2)14(9-15(19)20)16-17-5-6-18(16)4/h5-8,14H,9H2,1-4H3,(H,19,20). The molecule has 0 radical (unpaired) electrons. The first-order valence-electron chi connectivity index (χ1n) is 6.67. The first-order chi connectivity index (χ1) is 9.40. The van der Waals surface area contributed by atoms with Crippen molar-refractivity contribution in [3.8, 4) is 0 Å². The van der Waals surface area contributed by atoms with Gasteiger partial charge in [-0.25, -0.2) is 4.98 Å². The summed E-state index contributed by atoms with van der Waals surface area (Å²) in [6, 6.07) is 4.20. The molecule has 1 N–H and O–H groups in total. The second-order valence-electron chi connectivity index (χ2n) is 5.34. The lowest BCUT2D eigenvalue weighted by Gasteiger charge is -2.19. The van der Waals surface area contributed by atoms with E-state index in [1.807, 2.05) is 24.7 Å². The molecule has 1 heterocycles. The maximum Gasteiger partial charge on any atom is 0.304 e. The molecule has 1 aromatic heterocycles. The zero-order valence-electron chi connectivity index (χ0n) is 12.3. The van der Waals surface area contributed by atoms with Gasteiger partial charge in [-0.15, -0.1) is 0 Å². The number of aryl methyl sites for hydroxylation is 4. The van der Waals surface area contributed by atoms with Crippen molar-refractivity contribution in [2.24, 2.45) is 7.05 Å². The normalized spacial score (nSPS) is 12.4. The zero-order valence-corrected chi connectivity index (χ0v) is 12.3. The van der Waals surface area contributed by atoms with Crippen LogP contribution in [0.2, 0.25) is 0 Å². The Bertz CT molecular complexity index is 644. The van der Waals surface area contributed by atoms with Crippen molar-refractivity contribution in [1.29, 1.82) is 0 Å². The molecule has 4 nitrogen and oxygen atoms in total. The fraction of sp³-hybridized carbons (Fsp3) is 0.375. The monoisotopic (exact) mass is 272 g/mol. The maximum absolute atomic E-state index is 11.2. The van der Waals surface area contributed by atoms with Crippen LogP contribution < -0.4 is 0 Å². The van der Waals surface area contributed by atoms with E-state index in [2.05, 4.69) is 31.0 Å². The fourth-order valence-corrected chi connectivity index (χ4v) is 2.59. The Balaban J connectivity index is 2.55. The first-order valence-corrected chi connectivity index (χ1v) is 6.67. The summed E-state index contributed by atoms with van der Waals surface area (Å²) in [4.78, 5) is 15.6. The molecule has 0 amide bonds. The fourth-order valence-electron chi connectivity index (χ4n) is 2.59. The Hall–Kier alpha value is -2.10. The molecule has 1 atom stereocenters. The van der Waals surface area contributed by atoms with Crippen LogP contribution in [0.4, 0.5) is 0 Å². The summed E-state index contributed by atoms with van der Waals surface area (Å²) in [5.41, 5.74) is 4.56. The second-order valence-corrected chi connectivity index (χ2v) is 5.34. The van der Waals surface area contributed by atoms with Gasteiger partial charge in [0, 0.05) is 19.4 Å². The van der Waals surface area contributed by atoms with Crippen molar-refractivity contribution >= 4 is 5.97 Å². The lowest BCUT2D eigenvalue weighted by Crippen LogP contribution is -2.14. The van der Waals surface area contributed by atoms with Gasteiger partial charge in [-0.05, 0) is 43.0 Å². The molecule has 0 aliphatic heterocycles. The molecule has 1 unspecified atom stereocenters. The minimum atomic E-state index is -0.810. The van der Waals surface area contributed by atoms with Crippen LogP contribution in [-0.4, -0.2) is 20.6 Å². The molecule has 20 heavy (non-hydrogen) atoms. The molecule has 0 saturated carbocycles. The van der Waals surface area contributed by atoms with E-state index in [4.69, 9.17) is 0 Å². The van der Waals surface area contributed by atoms with Gasteiger partial charge in [-0.3, -0.25) is 4.79 Å². The van der Waals surface area contributed by atoms with Crippen LogP contribution in [0, 0.1) is 20.8 Å². The topological polar surface area (TPSA) is 55.1 Å². The van der Waals surface area contributed by atoms with Crippen LogP contribution >= 0.6 is 0 Å². The van der Waals surface area contributed by atoms with Crippen LogP contribution in [0.3, 0.4) is 0 Å².